The van der Waals surface area contributed by atoms with Crippen molar-refractivity contribution in [1.29, 1.82) is 0 Å². The van der Waals surface area contributed by atoms with E-state index in [1.165, 1.54) is 5.69 Å². The van der Waals surface area contributed by atoms with E-state index >= 15 is 0 Å². The Bertz CT molecular complexity index is 334. The number of hydrogen-bond acceptors (Lipinski definition) is 2. The maximum Gasteiger partial charge on any atom is 0.0652 e. The van der Waals surface area contributed by atoms with Crippen LogP contribution in [0.4, 0.5) is 5.69 Å². The maximum atomic E-state index is 3.95. The molecule has 0 spiro atoms. The lowest BCUT2D eigenvalue weighted by molar-refractivity contribution is 1.13. The topological polar surface area (TPSA) is 15.6 Å². The van der Waals surface area contributed by atoms with Crippen LogP contribution in [0.2, 0.25) is 0 Å². The summed E-state index contributed by atoms with van der Waals surface area (Å²) in [5.41, 5.74) is 3.22. The zero-order valence-corrected chi connectivity index (χ0v) is 8.99. The first kappa shape index (κ1) is 10.5. The fourth-order valence-corrected chi connectivity index (χ4v) is 1.28. The van der Waals surface area contributed by atoms with Gasteiger partial charge in [-0.1, -0.05) is 18.2 Å². The highest BCUT2D eigenvalue weighted by Gasteiger charge is 1.98. The van der Waals surface area contributed by atoms with Crippen molar-refractivity contribution >= 4 is 18.1 Å². The van der Waals surface area contributed by atoms with E-state index in [0.717, 1.165) is 11.3 Å². The molecule has 0 saturated heterocycles. The summed E-state index contributed by atoms with van der Waals surface area (Å²) < 4.78 is 0. The van der Waals surface area contributed by atoms with E-state index in [1.807, 2.05) is 27.1 Å². The van der Waals surface area contributed by atoms with Crippen LogP contribution in [0.15, 0.2) is 35.3 Å². The molecule has 0 heterocycles. The smallest absolute Gasteiger partial charge is 0.0652 e. The predicted octanol–water partition coefficient (Wildman–Crippen LogP) is 2.81. The molecule has 0 N–H and O–H groups in total. The summed E-state index contributed by atoms with van der Waals surface area (Å²) in [7, 11) is 4.05. The van der Waals surface area contributed by atoms with Gasteiger partial charge in [-0.3, -0.25) is 4.99 Å². The summed E-state index contributed by atoms with van der Waals surface area (Å²) in [5, 5.41) is 0. The Hall–Kier alpha value is -1.57. The number of benzene rings is 1. The van der Waals surface area contributed by atoms with Crippen LogP contribution in [0.5, 0.6) is 0 Å². The molecule has 0 saturated carbocycles. The fraction of sp³-hybridized carbons (Fsp3) is 0.250. The van der Waals surface area contributed by atoms with E-state index in [-0.39, 0.29) is 0 Å². The molecule has 0 unspecified atom stereocenters. The molecule has 14 heavy (non-hydrogen) atoms. The second kappa shape index (κ2) is 4.61. The summed E-state index contributed by atoms with van der Waals surface area (Å²) in [4.78, 5) is 6.02. The van der Waals surface area contributed by atoms with E-state index in [4.69, 9.17) is 0 Å². The molecule has 0 bridgehead atoms. The van der Waals surface area contributed by atoms with Crippen LogP contribution in [0, 0.1) is 0 Å². The summed E-state index contributed by atoms with van der Waals surface area (Å²) in [5.74, 6) is 0. The van der Waals surface area contributed by atoms with Crippen molar-refractivity contribution in [2.75, 3.05) is 19.0 Å². The Morgan fingerprint density at radius 3 is 2.21 bits per heavy atom. The van der Waals surface area contributed by atoms with Gasteiger partial charge in [0.2, 0.25) is 0 Å². The third-order valence-electron chi connectivity index (χ3n) is 2.12. The lowest BCUT2D eigenvalue weighted by Gasteiger charge is -2.12. The van der Waals surface area contributed by atoms with Crippen molar-refractivity contribution in [1.82, 2.24) is 0 Å². The number of nitrogens with zero attached hydrogens (tertiary/aromatic N) is 2. The van der Waals surface area contributed by atoms with E-state index in [0.29, 0.717) is 0 Å². The van der Waals surface area contributed by atoms with Gasteiger partial charge in [-0.25, -0.2) is 0 Å². The lowest BCUT2D eigenvalue weighted by Crippen LogP contribution is -2.08. The molecule has 1 rings (SSSR count). The minimum Gasteiger partial charge on any atom is -0.378 e. The molecule has 74 valence electrons. The molecule has 0 amide bonds. The summed E-state index contributed by atoms with van der Waals surface area (Å²) in [6.07, 6.45) is 1.96. The zero-order chi connectivity index (χ0) is 10.6. The van der Waals surface area contributed by atoms with Crippen LogP contribution in [0.1, 0.15) is 12.5 Å². The fourth-order valence-electron chi connectivity index (χ4n) is 1.28. The van der Waals surface area contributed by atoms with Crippen molar-refractivity contribution < 1.29 is 0 Å². The molecule has 1 aromatic rings. The first-order valence-corrected chi connectivity index (χ1v) is 4.60. The summed E-state index contributed by atoms with van der Waals surface area (Å²) >= 11 is 0. The molecule has 0 aromatic heterocycles. The molecule has 0 fully saturated rings. The molecule has 0 aliphatic carbocycles. The van der Waals surface area contributed by atoms with Gasteiger partial charge in [0, 0.05) is 19.8 Å². The molecular weight excluding hydrogens is 172 g/mol. The molecule has 0 atom stereocenters. The van der Waals surface area contributed by atoms with Gasteiger partial charge in [0.15, 0.2) is 0 Å². The van der Waals surface area contributed by atoms with E-state index in [2.05, 4.69) is 40.9 Å². The SMILES string of the molecule is C=NC(=CC)c1ccc(N(C)C)cc1. The molecule has 0 aliphatic rings. The average molecular weight is 188 g/mol. The van der Waals surface area contributed by atoms with Crippen LogP contribution in [0.25, 0.3) is 5.70 Å². The van der Waals surface area contributed by atoms with Crippen LogP contribution in [0.3, 0.4) is 0 Å². The monoisotopic (exact) mass is 188 g/mol. The Labute approximate surface area is 85.6 Å². The van der Waals surface area contributed by atoms with Crippen LogP contribution in [-0.2, 0) is 0 Å². The van der Waals surface area contributed by atoms with Crippen molar-refractivity contribution in [2.45, 2.75) is 6.92 Å². The highest BCUT2D eigenvalue weighted by atomic mass is 15.1. The van der Waals surface area contributed by atoms with E-state index in [9.17, 15) is 0 Å². The van der Waals surface area contributed by atoms with Gasteiger partial charge in [0.25, 0.3) is 0 Å². The Morgan fingerprint density at radius 1 is 1.29 bits per heavy atom. The van der Waals surface area contributed by atoms with Crippen LogP contribution >= 0.6 is 0 Å². The quantitative estimate of drug-likeness (QED) is 0.666. The number of allylic oxidation sites excluding steroid dienone is 1. The van der Waals surface area contributed by atoms with Crippen LogP contribution < -0.4 is 4.90 Å². The van der Waals surface area contributed by atoms with Crippen molar-refractivity contribution in [3.63, 3.8) is 0 Å². The molecule has 1 aromatic carbocycles. The van der Waals surface area contributed by atoms with Gasteiger partial charge in [0.1, 0.15) is 0 Å². The van der Waals surface area contributed by atoms with Gasteiger partial charge in [-0.05, 0) is 31.3 Å². The third kappa shape index (κ3) is 2.22. The molecule has 2 nitrogen and oxygen atoms in total. The minimum atomic E-state index is 0.926. The van der Waals surface area contributed by atoms with Crippen molar-refractivity contribution in [2.24, 2.45) is 4.99 Å². The maximum absolute atomic E-state index is 3.95. The van der Waals surface area contributed by atoms with Crippen LogP contribution in [-0.4, -0.2) is 20.8 Å². The highest BCUT2D eigenvalue weighted by Crippen LogP contribution is 2.19. The van der Waals surface area contributed by atoms with Gasteiger partial charge in [-0.15, -0.1) is 0 Å². The molecule has 0 aliphatic heterocycles. The predicted molar refractivity (Wildman–Crippen MR) is 64.0 cm³/mol. The normalized spacial score (nSPS) is 11.2. The summed E-state index contributed by atoms with van der Waals surface area (Å²) in [6.45, 7) is 5.50. The first-order valence-electron chi connectivity index (χ1n) is 4.60. The van der Waals surface area contributed by atoms with Gasteiger partial charge in [-0.2, -0.15) is 0 Å². The minimum absolute atomic E-state index is 0.926. The number of anilines is 1. The Balaban J connectivity index is 2.99. The zero-order valence-electron chi connectivity index (χ0n) is 8.99. The number of hydrogen-bond donors (Lipinski definition) is 0. The molecule has 2 heteroatoms. The Kier molecular flexibility index (Phi) is 3.46. The van der Waals surface area contributed by atoms with Gasteiger partial charge < -0.3 is 4.90 Å². The molecular formula is C12H16N2. The Morgan fingerprint density at radius 2 is 1.86 bits per heavy atom. The first-order chi connectivity index (χ1) is 6.69. The van der Waals surface area contributed by atoms with Crippen molar-refractivity contribution in [3.05, 3.63) is 35.9 Å². The second-order valence-electron chi connectivity index (χ2n) is 3.27. The number of rotatable bonds is 3. The van der Waals surface area contributed by atoms with Crippen molar-refractivity contribution in [3.8, 4) is 0 Å². The number of aliphatic imine (C=N–C) groups is 1. The summed E-state index contributed by atoms with van der Waals surface area (Å²) in [6, 6.07) is 8.26. The molecule has 0 radical (unpaired) electrons. The van der Waals surface area contributed by atoms with E-state index < -0.39 is 0 Å². The lowest BCUT2D eigenvalue weighted by atomic mass is 10.1. The second-order valence-corrected chi connectivity index (χ2v) is 3.27. The van der Waals surface area contributed by atoms with Gasteiger partial charge in [0.05, 0.1) is 5.70 Å². The van der Waals surface area contributed by atoms with Gasteiger partial charge >= 0.3 is 0 Å². The largest absolute Gasteiger partial charge is 0.378 e. The van der Waals surface area contributed by atoms with E-state index in [1.54, 1.807) is 0 Å². The third-order valence-corrected chi connectivity index (χ3v) is 2.12. The average Bonchev–Trinajstić information content (AvgIpc) is 2.20. The standard InChI is InChI=1S/C12H16N2/c1-5-12(13-2)10-6-8-11(9-7-10)14(3)4/h5-9H,2H2,1,3-4H3. The highest BCUT2D eigenvalue weighted by molar-refractivity contribution is 5.69.